The van der Waals surface area contributed by atoms with Crippen LogP contribution in [0.3, 0.4) is 0 Å². The second-order valence-electron chi connectivity index (χ2n) is 6.95. The second kappa shape index (κ2) is 9.57. The summed E-state index contributed by atoms with van der Waals surface area (Å²) in [5.41, 5.74) is 3.77. The lowest BCUT2D eigenvalue weighted by Gasteiger charge is -2.10. The van der Waals surface area contributed by atoms with Gasteiger partial charge in [-0.25, -0.2) is 0 Å². The molecule has 0 unspecified atom stereocenters. The van der Waals surface area contributed by atoms with E-state index in [0.29, 0.717) is 35.0 Å². The number of carbonyl (C=O) groups is 1. The van der Waals surface area contributed by atoms with Gasteiger partial charge in [0.25, 0.3) is 5.22 Å². The summed E-state index contributed by atoms with van der Waals surface area (Å²) in [7, 11) is 0. The summed E-state index contributed by atoms with van der Waals surface area (Å²) in [6.07, 6.45) is 0.625. The van der Waals surface area contributed by atoms with Gasteiger partial charge < -0.3 is 14.3 Å². The van der Waals surface area contributed by atoms with Crippen molar-refractivity contribution in [1.82, 2.24) is 20.3 Å². The number of nitrogens with zero attached hydrogens (tertiary/aromatic N) is 4. The topological polar surface area (TPSA) is 107 Å². The number of hydrogen-bond donors (Lipinski definition) is 1. The van der Waals surface area contributed by atoms with Gasteiger partial charge in [0.05, 0.1) is 5.75 Å². The highest BCUT2D eigenvalue weighted by atomic mass is 32.2. The van der Waals surface area contributed by atoms with Gasteiger partial charge in [-0.15, -0.1) is 10.2 Å². The van der Waals surface area contributed by atoms with Gasteiger partial charge in [-0.3, -0.25) is 4.79 Å². The first kappa shape index (κ1) is 20.8. The van der Waals surface area contributed by atoms with Crippen LogP contribution >= 0.6 is 11.8 Å². The Labute approximate surface area is 183 Å². The van der Waals surface area contributed by atoms with E-state index in [2.05, 4.69) is 25.7 Å². The van der Waals surface area contributed by atoms with E-state index in [1.807, 2.05) is 62.4 Å². The van der Waals surface area contributed by atoms with Crippen LogP contribution in [-0.4, -0.2) is 26.2 Å². The Morgan fingerprint density at radius 1 is 1.03 bits per heavy atom. The van der Waals surface area contributed by atoms with Crippen LogP contribution in [0.5, 0.6) is 0 Å². The maximum Gasteiger partial charge on any atom is 0.277 e. The second-order valence-corrected chi connectivity index (χ2v) is 7.87. The predicted molar refractivity (Wildman–Crippen MR) is 116 cm³/mol. The SMILES string of the molecule is Cc1cccc(C)c1NC(=O)CCc1nc(CSc2nnc(-c3ccccc3)o2)no1. The zero-order chi connectivity index (χ0) is 21.6. The van der Waals surface area contributed by atoms with E-state index in [1.54, 1.807) is 0 Å². The molecule has 1 amide bonds. The molecule has 0 aliphatic rings. The summed E-state index contributed by atoms with van der Waals surface area (Å²) in [6.45, 7) is 3.94. The van der Waals surface area contributed by atoms with Crippen molar-refractivity contribution in [3.05, 3.63) is 71.4 Å². The standard InChI is InChI=1S/C22H21N5O3S/c1-14-7-6-8-15(2)20(14)24-18(28)11-12-19-23-17(27-30-19)13-31-22-26-25-21(29-22)16-9-4-3-5-10-16/h3-10H,11-13H2,1-2H3,(H,24,28). The predicted octanol–water partition coefficient (Wildman–Crippen LogP) is 4.60. The quantitative estimate of drug-likeness (QED) is 0.400. The van der Waals surface area contributed by atoms with E-state index >= 15 is 0 Å². The van der Waals surface area contributed by atoms with Crippen LogP contribution in [0.4, 0.5) is 5.69 Å². The van der Waals surface area contributed by atoms with Crippen LogP contribution in [0.2, 0.25) is 0 Å². The minimum Gasteiger partial charge on any atom is -0.411 e. The van der Waals surface area contributed by atoms with E-state index in [1.165, 1.54) is 11.8 Å². The summed E-state index contributed by atoms with van der Waals surface area (Å²) in [5, 5.41) is 15.4. The number of aromatic nitrogens is 4. The number of carbonyl (C=O) groups excluding carboxylic acids is 1. The number of para-hydroxylation sites is 1. The number of thioether (sulfide) groups is 1. The molecule has 0 radical (unpaired) electrons. The molecule has 4 rings (SSSR count). The Morgan fingerprint density at radius 2 is 1.81 bits per heavy atom. The molecule has 0 saturated heterocycles. The molecular weight excluding hydrogens is 414 g/mol. The summed E-state index contributed by atoms with van der Waals surface area (Å²) in [4.78, 5) is 16.6. The van der Waals surface area contributed by atoms with Crippen LogP contribution in [0.15, 0.2) is 62.7 Å². The number of amides is 1. The van der Waals surface area contributed by atoms with Gasteiger partial charge in [-0.05, 0) is 37.1 Å². The zero-order valence-electron chi connectivity index (χ0n) is 17.2. The summed E-state index contributed by atoms with van der Waals surface area (Å²) >= 11 is 1.33. The summed E-state index contributed by atoms with van der Waals surface area (Å²) in [6, 6.07) is 15.5. The van der Waals surface area contributed by atoms with Gasteiger partial charge in [0, 0.05) is 24.1 Å². The first-order chi connectivity index (χ1) is 15.1. The molecule has 0 aliphatic carbocycles. The van der Waals surface area contributed by atoms with Crippen molar-refractivity contribution >= 4 is 23.4 Å². The highest BCUT2D eigenvalue weighted by Gasteiger charge is 2.14. The first-order valence-corrected chi connectivity index (χ1v) is 10.8. The Morgan fingerprint density at radius 3 is 2.58 bits per heavy atom. The lowest BCUT2D eigenvalue weighted by atomic mass is 10.1. The maximum atomic E-state index is 12.3. The number of aryl methyl sites for hydroxylation is 3. The Balaban J connectivity index is 1.27. The maximum absolute atomic E-state index is 12.3. The van der Waals surface area contributed by atoms with Crippen LogP contribution in [0.25, 0.3) is 11.5 Å². The Bertz CT molecular complexity index is 1150. The molecule has 8 nitrogen and oxygen atoms in total. The van der Waals surface area contributed by atoms with Gasteiger partial charge in [-0.1, -0.05) is 53.3 Å². The molecule has 0 atom stereocenters. The Kier molecular flexibility index (Phi) is 6.42. The number of hydrogen-bond acceptors (Lipinski definition) is 8. The third kappa shape index (κ3) is 5.37. The molecule has 158 valence electrons. The normalized spacial score (nSPS) is 10.9. The average Bonchev–Trinajstić information content (AvgIpc) is 3.44. The highest BCUT2D eigenvalue weighted by molar-refractivity contribution is 7.98. The molecule has 4 aromatic rings. The third-order valence-electron chi connectivity index (χ3n) is 4.57. The zero-order valence-corrected chi connectivity index (χ0v) is 18.0. The van der Waals surface area contributed by atoms with Gasteiger partial charge >= 0.3 is 0 Å². The molecule has 0 fully saturated rings. The largest absolute Gasteiger partial charge is 0.411 e. The number of benzene rings is 2. The smallest absolute Gasteiger partial charge is 0.277 e. The minimum atomic E-state index is -0.0918. The van der Waals surface area contributed by atoms with Crippen LogP contribution in [0.1, 0.15) is 29.3 Å². The number of nitrogens with one attached hydrogen (secondary N) is 1. The first-order valence-electron chi connectivity index (χ1n) is 9.78. The monoisotopic (exact) mass is 435 g/mol. The van der Waals surface area contributed by atoms with E-state index in [9.17, 15) is 4.79 Å². The van der Waals surface area contributed by atoms with Crippen molar-refractivity contribution in [2.45, 2.75) is 37.7 Å². The lowest BCUT2D eigenvalue weighted by Crippen LogP contribution is -2.14. The third-order valence-corrected chi connectivity index (χ3v) is 5.39. The molecule has 2 heterocycles. The Hall–Kier alpha value is -3.46. The minimum absolute atomic E-state index is 0.0918. The van der Waals surface area contributed by atoms with Gasteiger partial charge in [0.2, 0.25) is 17.7 Å². The fourth-order valence-electron chi connectivity index (χ4n) is 2.98. The van der Waals surface area contributed by atoms with Gasteiger partial charge in [0.15, 0.2) is 5.82 Å². The molecule has 0 bridgehead atoms. The molecular formula is C22H21N5O3S. The average molecular weight is 436 g/mol. The molecule has 31 heavy (non-hydrogen) atoms. The molecule has 9 heteroatoms. The fourth-order valence-corrected chi connectivity index (χ4v) is 3.58. The summed E-state index contributed by atoms with van der Waals surface area (Å²) < 4.78 is 10.9. The van der Waals surface area contributed by atoms with E-state index < -0.39 is 0 Å². The lowest BCUT2D eigenvalue weighted by molar-refractivity contribution is -0.116. The number of anilines is 1. The van der Waals surface area contributed by atoms with Crippen molar-refractivity contribution in [2.24, 2.45) is 0 Å². The highest BCUT2D eigenvalue weighted by Crippen LogP contribution is 2.25. The van der Waals surface area contributed by atoms with Gasteiger partial charge in [0.1, 0.15) is 0 Å². The van der Waals surface area contributed by atoms with Crippen molar-refractivity contribution in [3.8, 4) is 11.5 Å². The molecule has 2 aromatic carbocycles. The molecule has 0 aliphatic heterocycles. The molecule has 0 saturated carbocycles. The van der Waals surface area contributed by atoms with Crippen molar-refractivity contribution in [1.29, 1.82) is 0 Å². The number of rotatable bonds is 8. The molecule has 2 aromatic heterocycles. The fraction of sp³-hybridized carbons (Fsp3) is 0.227. The van der Waals surface area contributed by atoms with Crippen LogP contribution < -0.4 is 5.32 Å². The van der Waals surface area contributed by atoms with E-state index in [-0.39, 0.29) is 12.3 Å². The molecule has 0 spiro atoms. The van der Waals surface area contributed by atoms with Crippen LogP contribution in [-0.2, 0) is 17.0 Å². The van der Waals surface area contributed by atoms with Crippen molar-refractivity contribution < 1.29 is 13.7 Å². The van der Waals surface area contributed by atoms with E-state index in [0.717, 1.165) is 22.4 Å². The molecule has 1 N–H and O–H groups in total. The van der Waals surface area contributed by atoms with Crippen molar-refractivity contribution in [3.63, 3.8) is 0 Å². The van der Waals surface area contributed by atoms with Gasteiger partial charge in [-0.2, -0.15) is 4.98 Å². The van der Waals surface area contributed by atoms with E-state index in [4.69, 9.17) is 8.94 Å². The van der Waals surface area contributed by atoms with Crippen LogP contribution in [0, 0.1) is 13.8 Å². The summed E-state index contributed by atoms with van der Waals surface area (Å²) in [5.74, 6) is 1.73. The van der Waals surface area contributed by atoms with Crippen molar-refractivity contribution in [2.75, 3.05) is 5.32 Å².